The molecule has 0 saturated heterocycles. The summed E-state index contributed by atoms with van der Waals surface area (Å²) < 4.78 is 4.26. The maximum Gasteiger partial charge on any atom is 0.149 e. The molecule has 3 N–H and O–H groups in total. The molecule has 19 heavy (non-hydrogen) atoms. The second kappa shape index (κ2) is 5.46. The van der Waals surface area contributed by atoms with E-state index < -0.39 is 0 Å². The first kappa shape index (κ1) is 12.9. The summed E-state index contributed by atoms with van der Waals surface area (Å²) in [6.07, 6.45) is 5.44. The number of anilines is 2. The summed E-state index contributed by atoms with van der Waals surface area (Å²) >= 11 is 3.06. The van der Waals surface area contributed by atoms with Gasteiger partial charge in [0.25, 0.3) is 0 Å². The van der Waals surface area contributed by atoms with Crippen LogP contribution < -0.4 is 11.1 Å². The molecule has 2 aromatic heterocycles. The Labute approximate surface area is 121 Å². The lowest BCUT2D eigenvalue weighted by Crippen LogP contribution is -2.15. The molecule has 0 aliphatic heterocycles. The quantitative estimate of drug-likeness (QED) is 0.881. The topological polar surface area (TPSA) is 63.8 Å². The van der Waals surface area contributed by atoms with E-state index in [2.05, 4.69) is 14.7 Å². The van der Waals surface area contributed by atoms with Crippen LogP contribution in [-0.2, 0) is 0 Å². The van der Waals surface area contributed by atoms with Crippen molar-refractivity contribution in [2.75, 3.05) is 17.6 Å². The monoisotopic (exact) mass is 294 g/mol. The van der Waals surface area contributed by atoms with Crippen LogP contribution in [0, 0.1) is 12.8 Å². The molecule has 0 bridgehead atoms. The number of aromatic nitrogens is 2. The minimum absolute atomic E-state index is 0.588. The van der Waals surface area contributed by atoms with Gasteiger partial charge in [-0.2, -0.15) is 4.37 Å². The van der Waals surface area contributed by atoms with Crippen molar-refractivity contribution in [3.8, 4) is 10.6 Å². The van der Waals surface area contributed by atoms with Gasteiger partial charge >= 0.3 is 0 Å². The summed E-state index contributed by atoms with van der Waals surface area (Å²) in [4.78, 5) is 4.51. The number of hydrogen-bond donors (Lipinski definition) is 2. The number of thiazole rings is 1. The summed E-state index contributed by atoms with van der Waals surface area (Å²) in [6, 6.07) is 0. The lowest BCUT2D eigenvalue weighted by molar-refractivity contribution is 0.303. The average molecular weight is 294 g/mol. The largest absolute Gasteiger partial charge is 0.382 e. The molecule has 1 fully saturated rings. The van der Waals surface area contributed by atoms with Crippen molar-refractivity contribution in [1.29, 1.82) is 0 Å². The van der Waals surface area contributed by atoms with Gasteiger partial charge in [0.2, 0.25) is 0 Å². The number of rotatable bonds is 5. The predicted molar refractivity (Wildman–Crippen MR) is 82.8 cm³/mol. The van der Waals surface area contributed by atoms with Crippen LogP contribution in [0.25, 0.3) is 10.6 Å². The summed E-state index contributed by atoms with van der Waals surface area (Å²) in [5.74, 6) is 1.51. The third kappa shape index (κ3) is 2.74. The minimum Gasteiger partial charge on any atom is -0.382 e. The van der Waals surface area contributed by atoms with E-state index in [0.29, 0.717) is 5.82 Å². The molecule has 4 nitrogen and oxygen atoms in total. The highest BCUT2D eigenvalue weighted by atomic mass is 32.1. The first-order chi connectivity index (χ1) is 9.24. The van der Waals surface area contributed by atoms with Gasteiger partial charge in [0.05, 0.1) is 5.56 Å². The van der Waals surface area contributed by atoms with Gasteiger partial charge in [0.15, 0.2) is 0 Å². The van der Waals surface area contributed by atoms with Gasteiger partial charge in [-0.25, -0.2) is 4.98 Å². The third-order valence-corrected chi connectivity index (χ3v) is 5.41. The van der Waals surface area contributed by atoms with Crippen LogP contribution >= 0.6 is 22.9 Å². The van der Waals surface area contributed by atoms with Crippen LogP contribution in [0.5, 0.6) is 0 Å². The Balaban J connectivity index is 1.70. The van der Waals surface area contributed by atoms with Crippen LogP contribution in [0.15, 0.2) is 5.38 Å². The maximum absolute atomic E-state index is 5.98. The number of nitrogens with one attached hydrogen (secondary N) is 1. The van der Waals surface area contributed by atoms with Crippen LogP contribution in [0.2, 0.25) is 0 Å². The van der Waals surface area contributed by atoms with E-state index in [4.69, 9.17) is 5.73 Å². The van der Waals surface area contributed by atoms with E-state index in [1.165, 1.54) is 37.2 Å². The number of nitrogen functional groups attached to an aromatic ring is 1. The van der Waals surface area contributed by atoms with Gasteiger partial charge in [-0.15, -0.1) is 11.3 Å². The number of nitrogens with zero attached hydrogens (tertiary/aromatic N) is 2. The maximum atomic E-state index is 5.98. The van der Waals surface area contributed by atoms with E-state index in [1.54, 1.807) is 11.3 Å². The van der Waals surface area contributed by atoms with Crippen LogP contribution in [0.1, 0.15) is 31.4 Å². The number of aryl methyl sites for hydroxylation is 1. The molecule has 0 radical (unpaired) electrons. The van der Waals surface area contributed by atoms with Crippen molar-refractivity contribution in [2.24, 2.45) is 5.92 Å². The van der Waals surface area contributed by atoms with Crippen molar-refractivity contribution in [3.05, 3.63) is 11.1 Å². The van der Waals surface area contributed by atoms with Gasteiger partial charge in [-0.05, 0) is 30.8 Å². The molecule has 0 unspecified atom stereocenters. The Morgan fingerprint density at radius 1 is 1.47 bits per heavy atom. The highest BCUT2D eigenvalue weighted by Gasteiger charge is 2.19. The smallest absolute Gasteiger partial charge is 0.149 e. The fourth-order valence-corrected chi connectivity index (χ4v) is 3.93. The van der Waals surface area contributed by atoms with Crippen molar-refractivity contribution in [1.82, 2.24) is 9.36 Å². The molecule has 0 aromatic carbocycles. The highest BCUT2D eigenvalue weighted by molar-refractivity contribution is 7.15. The van der Waals surface area contributed by atoms with Gasteiger partial charge in [-0.3, -0.25) is 0 Å². The average Bonchev–Trinajstić information content (AvgIpc) is 2.89. The van der Waals surface area contributed by atoms with E-state index in [-0.39, 0.29) is 0 Å². The lowest BCUT2D eigenvalue weighted by Gasteiger charge is -2.25. The Morgan fingerprint density at radius 2 is 2.32 bits per heavy atom. The first-order valence-electron chi connectivity index (χ1n) is 6.65. The SMILES string of the molecule is Cc1csc(-c2c(N)nsc2NCCC2CCC2)n1. The van der Waals surface area contributed by atoms with E-state index in [0.717, 1.165) is 33.7 Å². The normalized spacial score (nSPS) is 15.4. The van der Waals surface area contributed by atoms with Gasteiger partial charge in [0, 0.05) is 17.6 Å². The Morgan fingerprint density at radius 3 is 2.95 bits per heavy atom. The minimum atomic E-state index is 0.588. The lowest BCUT2D eigenvalue weighted by atomic mass is 9.83. The molecular formula is C13H18N4S2. The summed E-state index contributed by atoms with van der Waals surface area (Å²) in [6.45, 7) is 3.00. The Hall–Kier alpha value is -1.14. The van der Waals surface area contributed by atoms with Crippen molar-refractivity contribution < 1.29 is 0 Å². The summed E-state index contributed by atoms with van der Waals surface area (Å²) in [5.41, 5.74) is 7.99. The van der Waals surface area contributed by atoms with Crippen molar-refractivity contribution in [2.45, 2.75) is 32.6 Å². The second-order valence-electron chi connectivity index (χ2n) is 5.08. The molecule has 3 rings (SSSR count). The van der Waals surface area contributed by atoms with Crippen LogP contribution in [0.3, 0.4) is 0 Å². The van der Waals surface area contributed by atoms with E-state index in [1.807, 2.05) is 12.3 Å². The zero-order valence-corrected chi connectivity index (χ0v) is 12.6. The van der Waals surface area contributed by atoms with Crippen molar-refractivity contribution >= 4 is 33.7 Å². The first-order valence-corrected chi connectivity index (χ1v) is 8.31. The third-order valence-electron chi connectivity index (χ3n) is 3.61. The van der Waals surface area contributed by atoms with Crippen LogP contribution in [-0.4, -0.2) is 15.9 Å². The summed E-state index contributed by atoms with van der Waals surface area (Å²) in [7, 11) is 0. The predicted octanol–water partition coefficient (Wildman–Crippen LogP) is 3.76. The number of nitrogens with two attached hydrogens (primary N) is 1. The molecule has 0 spiro atoms. The number of hydrogen-bond acceptors (Lipinski definition) is 6. The van der Waals surface area contributed by atoms with Gasteiger partial charge in [-0.1, -0.05) is 19.3 Å². The second-order valence-corrected chi connectivity index (χ2v) is 6.71. The molecule has 1 saturated carbocycles. The molecule has 0 amide bonds. The van der Waals surface area contributed by atoms with Gasteiger partial charge < -0.3 is 11.1 Å². The highest BCUT2D eigenvalue weighted by Crippen LogP contribution is 2.38. The molecular weight excluding hydrogens is 276 g/mol. The zero-order valence-electron chi connectivity index (χ0n) is 11.0. The molecule has 0 atom stereocenters. The standard InChI is InChI=1S/C13H18N4S2/c1-8-7-18-13(16-8)10-11(14)17-19-12(10)15-6-5-9-3-2-4-9/h7,9,15H,2-6H2,1H3,(H2,14,17). The molecule has 1 aliphatic rings. The Kier molecular flexibility index (Phi) is 3.70. The fraction of sp³-hybridized carbons (Fsp3) is 0.538. The Bertz CT molecular complexity index is 557. The zero-order chi connectivity index (χ0) is 13.2. The van der Waals surface area contributed by atoms with Crippen LogP contribution in [0.4, 0.5) is 10.8 Å². The fourth-order valence-electron chi connectivity index (χ4n) is 2.27. The summed E-state index contributed by atoms with van der Waals surface area (Å²) in [5, 5.41) is 7.56. The van der Waals surface area contributed by atoms with Crippen molar-refractivity contribution in [3.63, 3.8) is 0 Å². The van der Waals surface area contributed by atoms with E-state index in [9.17, 15) is 0 Å². The molecule has 2 aromatic rings. The van der Waals surface area contributed by atoms with E-state index >= 15 is 0 Å². The molecule has 1 aliphatic carbocycles. The molecule has 102 valence electrons. The molecule has 2 heterocycles. The van der Waals surface area contributed by atoms with Gasteiger partial charge in [0.1, 0.15) is 15.8 Å². The molecule has 6 heteroatoms.